The Morgan fingerprint density at radius 3 is 2.12 bits per heavy atom. The van der Waals surface area contributed by atoms with Gasteiger partial charge in [0.25, 0.3) is 0 Å². The second kappa shape index (κ2) is 6.60. The van der Waals surface area contributed by atoms with Crippen molar-refractivity contribution in [3.05, 3.63) is 46.4 Å². The highest BCUT2D eigenvalue weighted by atomic mass is 16.5. The number of urea groups is 1. The van der Waals surface area contributed by atoms with Crippen molar-refractivity contribution in [1.29, 1.82) is 0 Å². The number of fused-ring (bicyclic) bond motifs is 1. The van der Waals surface area contributed by atoms with Gasteiger partial charge in [0.15, 0.2) is 0 Å². The summed E-state index contributed by atoms with van der Waals surface area (Å²) in [6.07, 6.45) is 0. The number of H-pyrrole nitrogens is 2. The minimum absolute atomic E-state index is 0.292. The molecule has 0 unspecified atom stereocenters. The quantitative estimate of drug-likeness (QED) is 0.584. The van der Waals surface area contributed by atoms with Gasteiger partial charge in [0.05, 0.1) is 25.3 Å². The van der Waals surface area contributed by atoms with Crippen molar-refractivity contribution >= 4 is 28.4 Å². The molecule has 2 aromatic carbocycles. The highest BCUT2D eigenvalue weighted by molar-refractivity contribution is 6.01. The van der Waals surface area contributed by atoms with Gasteiger partial charge in [-0.05, 0) is 24.6 Å². The summed E-state index contributed by atoms with van der Waals surface area (Å²) < 4.78 is 10.4. The van der Waals surface area contributed by atoms with Crippen molar-refractivity contribution in [3.8, 4) is 11.5 Å². The van der Waals surface area contributed by atoms with E-state index in [9.17, 15) is 9.59 Å². The predicted molar refractivity (Wildman–Crippen MR) is 95.8 cm³/mol. The number of aromatic nitrogens is 2. The third-order valence-electron chi connectivity index (χ3n) is 3.72. The monoisotopic (exact) mass is 342 g/mol. The van der Waals surface area contributed by atoms with E-state index in [-0.39, 0.29) is 5.69 Å². The van der Waals surface area contributed by atoms with Gasteiger partial charge in [0, 0.05) is 29.6 Å². The summed E-state index contributed by atoms with van der Waals surface area (Å²) in [5.41, 5.74) is 2.96. The lowest BCUT2D eigenvalue weighted by Crippen LogP contribution is -2.20. The van der Waals surface area contributed by atoms with E-state index in [1.807, 2.05) is 6.92 Å². The second-order valence-corrected chi connectivity index (χ2v) is 5.47. The average molecular weight is 342 g/mol. The molecule has 1 aromatic heterocycles. The summed E-state index contributed by atoms with van der Waals surface area (Å²) in [4.78, 5) is 29.0. The van der Waals surface area contributed by atoms with Crippen LogP contribution in [-0.4, -0.2) is 30.2 Å². The largest absolute Gasteiger partial charge is 0.497 e. The van der Waals surface area contributed by atoms with Crippen LogP contribution in [0.3, 0.4) is 0 Å². The Bertz CT molecular complexity index is 968. The lowest BCUT2D eigenvalue weighted by atomic mass is 10.2. The number of benzene rings is 2. The number of hydrogen-bond donors (Lipinski definition) is 4. The summed E-state index contributed by atoms with van der Waals surface area (Å²) in [6.45, 7) is 1.84. The molecule has 0 aliphatic carbocycles. The number of hydrogen-bond acceptors (Lipinski definition) is 4. The highest BCUT2D eigenvalue weighted by Gasteiger charge is 2.10. The van der Waals surface area contributed by atoms with Crippen LogP contribution >= 0.6 is 0 Å². The van der Waals surface area contributed by atoms with Gasteiger partial charge in [-0.15, -0.1) is 0 Å². The topological polar surface area (TPSA) is 108 Å². The van der Waals surface area contributed by atoms with Gasteiger partial charge in [-0.3, -0.25) is 0 Å². The first-order valence-electron chi connectivity index (χ1n) is 7.52. The Balaban J connectivity index is 1.81. The standard InChI is InChI=1S/C17H18N4O4/c1-9-4-14-15(21-17(23)20-14)8-13(9)19-16(22)18-10-5-11(24-2)7-12(6-10)25-3/h4-8H,1-3H3,(H2,18,19,22)(H2,20,21,23). The van der Waals surface area contributed by atoms with E-state index in [2.05, 4.69) is 20.6 Å². The molecule has 0 aliphatic rings. The fourth-order valence-corrected chi connectivity index (χ4v) is 2.49. The van der Waals surface area contributed by atoms with Crippen LogP contribution in [0.2, 0.25) is 0 Å². The van der Waals surface area contributed by atoms with Crippen LogP contribution in [0.5, 0.6) is 11.5 Å². The first kappa shape index (κ1) is 16.4. The van der Waals surface area contributed by atoms with Crippen molar-refractivity contribution in [1.82, 2.24) is 9.97 Å². The predicted octanol–water partition coefficient (Wildman–Crippen LogP) is 2.83. The second-order valence-electron chi connectivity index (χ2n) is 5.47. The number of rotatable bonds is 4. The smallest absolute Gasteiger partial charge is 0.323 e. The molecular formula is C17H18N4O4. The summed E-state index contributed by atoms with van der Waals surface area (Å²) in [6, 6.07) is 8.15. The van der Waals surface area contributed by atoms with Crippen molar-refractivity contribution < 1.29 is 14.3 Å². The highest BCUT2D eigenvalue weighted by Crippen LogP contribution is 2.26. The van der Waals surface area contributed by atoms with Crippen LogP contribution in [0.1, 0.15) is 5.56 Å². The molecule has 0 atom stereocenters. The molecule has 0 fully saturated rings. The Morgan fingerprint density at radius 2 is 1.52 bits per heavy atom. The number of nitrogens with one attached hydrogen (secondary N) is 4. The lowest BCUT2D eigenvalue weighted by Gasteiger charge is -2.12. The Labute approximate surface area is 143 Å². The third kappa shape index (κ3) is 3.57. The molecule has 2 amide bonds. The van der Waals surface area contributed by atoms with E-state index < -0.39 is 6.03 Å². The maximum atomic E-state index is 12.3. The van der Waals surface area contributed by atoms with E-state index in [0.717, 1.165) is 5.56 Å². The van der Waals surface area contributed by atoms with Crippen LogP contribution in [0.15, 0.2) is 35.1 Å². The van der Waals surface area contributed by atoms with Crippen LogP contribution < -0.4 is 25.8 Å². The summed E-state index contributed by atoms with van der Waals surface area (Å²) >= 11 is 0. The average Bonchev–Trinajstić information content (AvgIpc) is 2.93. The van der Waals surface area contributed by atoms with E-state index in [0.29, 0.717) is 33.9 Å². The molecule has 130 valence electrons. The fraction of sp³-hybridized carbons (Fsp3) is 0.176. The molecule has 0 spiro atoms. The van der Waals surface area contributed by atoms with Gasteiger partial charge in [-0.2, -0.15) is 0 Å². The maximum Gasteiger partial charge on any atom is 0.323 e. The zero-order valence-corrected chi connectivity index (χ0v) is 14.0. The minimum atomic E-state index is -0.421. The van der Waals surface area contributed by atoms with E-state index in [4.69, 9.17) is 9.47 Å². The van der Waals surface area contributed by atoms with E-state index >= 15 is 0 Å². The number of anilines is 2. The van der Waals surface area contributed by atoms with Crippen LogP contribution in [0, 0.1) is 6.92 Å². The zero-order valence-electron chi connectivity index (χ0n) is 14.0. The molecule has 0 saturated heterocycles. The molecule has 0 radical (unpaired) electrons. The third-order valence-corrected chi connectivity index (χ3v) is 3.72. The SMILES string of the molecule is COc1cc(NC(=O)Nc2cc3[nH]c(=O)[nH]c3cc2C)cc(OC)c1. The molecule has 0 saturated carbocycles. The van der Waals surface area contributed by atoms with E-state index in [1.54, 1.807) is 30.3 Å². The van der Waals surface area contributed by atoms with Gasteiger partial charge < -0.3 is 30.1 Å². The van der Waals surface area contributed by atoms with Crippen molar-refractivity contribution in [3.63, 3.8) is 0 Å². The molecule has 4 N–H and O–H groups in total. The molecule has 3 aromatic rings. The number of carbonyl (C=O) groups is 1. The Hall–Kier alpha value is -3.42. The van der Waals surface area contributed by atoms with Crippen LogP contribution in [-0.2, 0) is 0 Å². The molecule has 0 aliphatic heterocycles. The summed E-state index contributed by atoms with van der Waals surface area (Å²) in [5.74, 6) is 1.13. The molecule has 0 bridgehead atoms. The first-order chi connectivity index (χ1) is 12.0. The van der Waals surface area contributed by atoms with E-state index in [1.165, 1.54) is 14.2 Å². The van der Waals surface area contributed by atoms with Crippen molar-refractivity contribution in [2.75, 3.05) is 24.9 Å². The van der Waals surface area contributed by atoms with Gasteiger partial charge in [-0.1, -0.05) is 0 Å². The number of carbonyl (C=O) groups excluding carboxylic acids is 1. The summed E-state index contributed by atoms with van der Waals surface area (Å²) in [5, 5.41) is 5.50. The fourth-order valence-electron chi connectivity index (χ4n) is 2.49. The van der Waals surface area contributed by atoms with Crippen LogP contribution in [0.4, 0.5) is 16.2 Å². The van der Waals surface area contributed by atoms with Gasteiger partial charge in [-0.25, -0.2) is 9.59 Å². The number of aryl methyl sites for hydroxylation is 1. The van der Waals surface area contributed by atoms with Gasteiger partial charge in [0.2, 0.25) is 0 Å². The molecular weight excluding hydrogens is 324 g/mol. The number of imidazole rings is 1. The first-order valence-corrected chi connectivity index (χ1v) is 7.52. The maximum absolute atomic E-state index is 12.3. The van der Waals surface area contributed by atoms with Gasteiger partial charge in [0.1, 0.15) is 11.5 Å². The van der Waals surface area contributed by atoms with Crippen molar-refractivity contribution in [2.24, 2.45) is 0 Å². The number of ether oxygens (including phenoxy) is 2. The van der Waals surface area contributed by atoms with Gasteiger partial charge >= 0.3 is 11.7 Å². The van der Waals surface area contributed by atoms with Crippen LogP contribution in [0.25, 0.3) is 11.0 Å². The molecule has 8 nitrogen and oxygen atoms in total. The van der Waals surface area contributed by atoms with Crippen molar-refractivity contribution in [2.45, 2.75) is 6.92 Å². The Kier molecular flexibility index (Phi) is 4.34. The number of methoxy groups -OCH3 is 2. The molecule has 8 heteroatoms. The summed E-state index contributed by atoms with van der Waals surface area (Å²) in [7, 11) is 3.07. The number of aromatic amines is 2. The normalized spacial score (nSPS) is 10.5. The minimum Gasteiger partial charge on any atom is -0.497 e. The molecule has 3 rings (SSSR count). The molecule has 25 heavy (non-hydrogen) atoms. The zero-order chi connectivity index (χ0) is 18.0. The lowest BCUT2D eigenvalue weighted by molar-refractivity contribution is 0.262. The molecule has 1 heterocycles. The number of amides is 2. The Morgan fingerprint density at radius 1 is 0.920 bits per heavy atom.